The summed E-state index contributed by atoms with van der Waals surface area (Å²) < 4.78 is 0. The Bertz CT molecular complexity index is 395. The van der Waals surface area contributed by atoms with Gasteiger partial charge in [0.15, 0.2) is 0 Å². The molecule has 2 nitrogen and oxygen atoms in total. The molecule has 0 fully saturated rings. The molecule has 2 radical (unpaired) electrons. The Hall–Kier alpha value is 0.0303. The second-order valence-electron chi connectivity index (χ2n) is 4.13. The van der Waals surface area contributed by atoms with E-state index < -0.39 is 0 Å². The van der Waals surface area contributed by atoms with Crippen LogP contribution >= 0.6 is 19.0 Å². The molecule has 1 aromatic rings. The van der Waals surface area contributed by atoms with E-state index in [4.69, 9.17) is 0 Å². The summed E-state index contributed by atoms with van der Waals surface area (Å²) in [6, 6.07) is 4.41. The monoisotopic (exact) mass is 434 g/mol. The number of halogens is 1. The molecule has 0 aliphatic carbocycles. The van der Waals surface area contributed by atoms with E-state index in [-0.39, 0.29) is 0 Å². The Balaban J connectivity index is 0.000000686. The molecular weight excluding hydrogens is 419 g/mol. The number of hydrogen-bond acceptors (Lipinski definition) is 2. The van der Waals surface area contributed by atoms with Crippen LogP contribution in [-0.4, -0.2) is 11.9 Å². The molecule has 1 heterocycles. The van der Waals surface area contributed by atoms with Crippen molar-refractivity contribution in [2.45, 2.75) is 20.8 Å². The van der Waals surface area contributed by atoms with Crippen molar-refractivity contribution in [2.75, 3.05) is 11.9 Å². The zero-order valence-corrected chi connectivity index (χ0v) is 14.0. The van der Waals surface area contributed by atoms with E-state index in [1.165, 1.54) is 22.4 Å². The van der Waals surface area contributed by atoms with Gasteiger partial charge >= 0.3 is 36.3 Å². The van der Waals surface area contributed by atoms with Gasteiger partial charge in [0.1, 0.15) is 0 Å². The summed E-state index contributed by atoms with van der Waals surface area (Å²) in [6.07, 6.45) is 4.03. The maximum atomic E-state index is 3.23. The average molecular weight is 435 g/mol. The molecule has 1 aromatic carbocycles. The SMILES string of the molecule is Cc1cc(C)c(N2[C]N(C)C=C2)c(C)c1.[Ag][I]. The number of benzene rings is 1. The molecule has 0 amide bonds. The second kappa shape index (κ2) is 6.83. The fourth-order valence-electron chi connectivity index (χ4n) is 2.08. The summed E-state index contributed by atoms with van der Waals surface area (Å²) in [4.78, 5) is 3.98. The summed E-state index contributed by atoms with van der Waals surface area (Å²) >= 11 is 4.88. The van der Waals surface area contributed by atoms with Gasteiger partial charge in [-0.25, -0.2) is 0 Å². The zero-order chi connectivity index (χ0) is 13.0. The fraction of sp³-hybridized carbons (Fsp3) is 0.308. The minimum absolute atomic E-state index is 1.24. The molecular formula is C13H16AgIN2. The van der Waals surface area contributed by atoms with Gasteiger partial charge in [0.05, 0.1) is 0 Å². The van der Waals surface area contributed by atoms with Gasteiger partial charge < -0.3 is 9.80 Å². The van der Waals surface area contributed by atoms with Crippen LogP contribution < -0.4 is 4.90 Å². The molecule has 2 rings (SSSR count). The van der Waals surface area contributed by atoms with Crippen LogP contribution in [0.5, 0.6) is 0 Å². The number of hydrogen-bond donors (Lipinski definition) is 0. The van der Waals surface area contributed by atoms with Crippen LogP contribution in [0.2, 0.25) is 0 Å². The average Bonchev–Trinajstić information content (AvgIpc) is 2.66. The van der Waals surface area contributed by atoms with Crippen molar-refractivity contribution in [3.05, 3.63) is 47.9 Å². The van der Waals surface area contributed by atoms with E-state index in [1.807, 2.05) is 48.3 Å². The molecule has 0 bridgehead atoms. The Labute approximate surface area is 127 Å². The van der Waals surface area contributed by atoms with Crippen molar-refractivity contribution < 1.29 is 17.3 Å². The van der Waals surface area contributed by atoms with Crippen LogP contribution in [0.25, 0.3) is 0 Å². The molecule has 96 valence electrons. The first kappa shape index (κ1) is 15.1. The molecule has 1 aliphatic heterocycles. The Kier molecular flexibility index (Phi) is 6.06. The normalized spacial score (nSPS) is 13.8. The Morgan fingerprint density at radius 3 is 2.00 bits per heavy atom. The first-order valence-corrected chi connectivity index (χ1v) is 9.65. The minimum atomic E-state index is 1.24. The van der Waals surface area contributed by atoms with Gasteiger partial charge in [-0.05, 0) is 31.9 Å². The van der Waals surface area contributed by atoms with Gasteiger partial charge in [-0.15, -0.1) is 0 Å². The molecule has 0 N–H and O–H groups in total. The van der Waals surface area contributed by atoms with E-state index in [9.17, 15) is 0 Å². The van der Waals surface area contributed by atoms with Gasteiger partial charge in [0, 0.05) is 25.1 Å². The van der Waals surface area contributed by atoms with E-state index >= 15 is 0 Å². The molecule has 0 spiro atoms. The standard InChI is InChI=1S/C13H16N2.Ag.HI/c1-10-7-11(2)13(12(3)8-10)15-6-5-14(4)9-15;;/h5-8H,1-4H3;;1H/q;+1;/p-1. The van der Waals surface area contributed by atoms with E-state index in [1.54, 1.807) is 0 Å². The van der Waals surface area contributed by atoms with Crippen LogP contribution in [0.4, 0.5) is 5.69 Å². The van der Waals surface area contributed by atoms with Gasteiger partial charge in [0.2, 0.25) is 6.67 Å². The van der Waals surface area contributed by atoms with Crippen LogP contribution in [0, 0.1) is 27.4 Å². The van der Waals surface area contributed by atoms with Crippen LogP contribution in [-0.2, 0) is 17.3 Å². The molecule has 0 saturated heterocycles. The summed E-state index contributed by atoms with van der Waals surface area (Å²) in [5.74, 6) is 0. The second-order valence-corrected chi connectivity index (χ2v) is 4.13. The maximum absolute atomic E-state index is 3.23. The van der Waals surface area contributed by atoms with Crippen molar-refractivity contribution >= 4 is 24.7 Å². The first-order chi connectivity index (χ1) is 8.08. The van der Waals surface area contributed by atoms with E-state index in [0.717, 1.165) is 0 Å². The molecule has 4 heteroatoms. The third-order valence-electron chi connectivity index (χ3n) is 2.58. The molecule has 0 atom stereocenters. The van der Waals surface area contributed by atoms with Gasteiger partial charge in [-0.1, -0.05) is 17.7 Å². The molecule has 0 saturated carbocycles. The van der Waals surface area contributed by atoms with Crippen molar-refractivity contribution in [3.8, 4) is 0 Å². The summed E-state index contributed by atoms with van der Waals surface area (Å²) in [7, 11) is 1.98. The summed E-state index contributed by atoms with van der Waals surface area (Å²) in [5, 5.41) is 0. The van der Waals surface area contributed by atoms with Gasteiger partial charge in [-0.2, -0.15) is 0 Å². The van der Waals surface area contributed by atoms with Crippen molar-refractivity contribution in [3.63, 3.8) is 0 Å². The van der Waals surface area contributed by atoms with Crippen molar-refractivity contribution in [1.29, 1.82) is 0 Å². The summed E-state index contributed by atoms with van der Waals surface area (Å²) in [6.45, 7) is 9.64. The third kappa shape index (κ3) is 3.74. The number of nitrogens with zero attached hydrogens (tertiary/aromatic N) is 2. The third-order valence-corrected chi connectivity index (χ3v) is 2.58. The summed E-state index contributed by atoms with van der Waals surface area (Å²) in [5.41, 5.74) is 5.13. The Morgan fingerprint density at radius 1 is 1.06 bits per heavy atom. The Morgan fingerprint density at radius 2 is 1.59 bits per heavy atom. The predicted octanol–water partition coefficient (Wildman–Crippen LogP) is 3.71. The van der Waals surface area contributed by atoms with Crippen molar-refractivity contribution in [1.82, 2.24) is 4.90 Å². The number of rotatable bonds is 1. The molecule has 0 aromatic heterocycles. The number of aryl methyl sites for hydroxylation is 3. The zero-order valence-electron chi connectivity index (χ0n) is 10.4. The van der Waals surface area contributed by atoms with Crippen molar-refractivity contribution in [2.24, 2.45) is 0 Å². The first-order valence-electron chi connectivity index (χ1n) is 5.24. The fourth-order valence-corrected chi connectivity index (χ4v) is 2.08. The van der Waals surface area contributed by atoms with Crippen LogP contribution in [0.1, 0.15) is 16.7 Å². The van der Waals surface area contributed by atoms with Gasteiger partial charge in [-0.3, -0.25) is 0 Å². The van der Waals surface area contributed by atoms with Gasteiger partial charge in [0.25, 0.3) is 0 Å². The molecule has 1 aliphatic rings. The van der Waals surface area contributed by atoms with E-state index in [2.05, 4.69) is 56.8 Å². The predicted molar refractivity (Wildman–Crippen MR) is 77.3 cm³/mol. The molecule has 17 heavy (non-hydrogen) atoms. The topological polar surface area (TPSA) is 6.48 Å². The quantitative estimate of drug-likeness (QED) is 0.491. The van der Waals surface area contributed by atoms with Crippen LogP contribution in [0.15, 0.2) is 24.5 Å². The van der Waals surface area contributed by atoms with Crippen LogP contribution in [0.3, 0.4) is 0 Å². The van der Waals surface area contributed by atoms with E-state index in [0.29, 0.717) is 0 Å². The molecule has 0 unspecified atom stereocenters. The number of anilines is 1.